The summed E-state index contributed by atoms with van der Waals surface area (Å²) < 4.78 is 0. The summed E-state index contributed by atoms with van der Waals surface area (Å²) in [7, 11) is 1.87. The van der Waals surface area contributed by atoms with E-state index in [2.05, 4.69) is 21.8 Å². The molecule has 0 atom stereocenters. The third kappa shape index (κ3) is 2.39. The van der Waals surface area contributed by atoms with Crippen LogP contribution in [0, 0.1) is 0 Å². The maximum Gasteiger partial charge on any atom is 0.205 e. The lowest BCUT2D eigenvalue weighted by molar-refractivity contribution is 1.02. The summed E-state index contributed by atoms with van der Waals surface area (Å²) in [6, 6.07) is 0. The molecule has 2 aromatic rings. The van der Waals surface area contributed by atoms with Crippen molar-refractivity contribution in [3.63, 3.8) is 0 Å². The number of thiazole rings is 1. The zero-order chi connectivity index (χ0) is 12.5. The van der Waals surface area contributed by atoms with Gasteiger partial charge in [-0.15, -0.1) is 21.5 Å². The van der Waals surface area contributed by atoms with Crippen LogP contribution in [0.15, 0.2) is 0 Å². The molecule has 0 spiro atoms. The third-order valence-electron chi connectivity index (χ3n) is 2.76. The number of nitrogens with one attached hydrogen (secondary N) is 1. The summed E-state index contributed by atoms with van der Waals surface area (Å²) in [5.74, 6) is 1.65. The molecule has 1 aliphatic carbocycles. The quantitative estimate of drug-likeness (QED) is 0.916. The van der Waals surface area contributed by atoms with Gasteiger partial charge in [-0.2, -0.15) is 11.8 Å². The average molecular weight is 298 g/mol. The number of nitrogens with zero attached hydrogens (tertiary/aromatic N) is 3. The van der Waals surface area contributed by atoms with Crippen LogP contribution < -0.4 is 5.32 Å². The van der Waals surface area contributed by atoms with Gasteiger partial charge in [-0.05, 0) is 19.1 Å². The molecule has 18 heavy (non-hydrogen) atoms. The van der Waals surface area contributed by atoms with Crippen LogP contribution in [0.1, 0.15) is 29.5 Å². The van der Waals surface area contributed by atoms with Gasteiger partial charge in [0.05, 0.1) is 10.6 Å². The standard InChI is InChI=1S/C11H14N4S3/c1-12-11-15-14-10(18-11)9-8(6-3-4-6)13-7(17-9)5-16-2/h6H,3-5H2,1-2H3,(H,12,15). The van der Waals surface area contributed by atoms with Gasteiger partial charge in [-0.1, -0.05) is 11.3 Å². The lowest BCUT2D eigenvalue weighted by Gasteiger charge is -1.93. The Morgan fingerprint density at radius 1 is 1.33 bits per heavy atom. The first-order chi connectivity index (χ1) is 8.81. The second kappa shape index (κ2) is 5.14. The van der Waals surface area contributed by atoms with Crippen molar-refractivity contribution in [2.45, 2.75) is 24.5 Å². The van der Waals surface area contributed by atoms with E-state index in [1.54, 1.807) is 22.7 Å². The Morgan fingerprint density at radius 3 is 2.78 bits per heavy atom. The fraction of sp³-hybridized carbons (Fsp3) is 0.545. The number of anilines is 1. The Morgan fingerprint density at radius 2 is 2.17 bits per heavy atom. The van der Waals surface area contributed by atoms with Crippen LogP contribution in [0.25, 0.3) is 9.88 Å². The minimum atomic E-state index is 0.661. The molecule has 0 saturated heterocycles. The molecule has 1 saturated carbocycles. The zero-order valence-electron chi connectivity index (χ0n) is 10.3. The van der Waals surface area contributed by atoms with E-state index in [1.165, 1.54) is 28.4 Å². The number of hydrogen-bond donors (Lipinski definition) is 1. The highest BCUT2D eigenvalue weighted by molar-refractivity contribution is 7.97. The molecule has 0 radical (unpaired) electrons. The van der Waals surface area contributed by atoms with Gasteiger partial charge in [0.1, 0.15) is 5.01 Å². The predicted octanol–water partition coefficient (Wildman–Crippen LogP) is 3.44. The topological polar surface area (TPSA) is 50.7 Å². The summed E-state index contributed by atoms with van der Waals surface area (Å²) in [6.07, 6.45) is 4.65. The van der Waals surface area contributed by atoms with Crippen LogP contribution >= 0.6 is 34.4 Å². The number of thioether (sulfide) groups is 1. The van der Waals surface area contributed by atoms with E-state index in [9.17, 15) is 0 Å². The second-order valence-corrected chi connectivity index (χ2v) is 7.12. The molecular weight excluding hydrogens is 284 g/mol. The molecule has 0 amide bonds. The highest BCUT2D eigenvalue weighted by Gasteiger charge is 2.31. The van der Waals surface area contributed by atoms with Crippen LogP contribution in [0.2, 0.25) is 0 Å². The van der Waals surface area contributed by atoms with Crippen LogP contribution in [0.3, 0.4) is 0 Å². The zero-order valence-corrected chi connectivity index (χ0v) is 12.7. The van der Waals surface area contributed by atoms with Crippen LogP contribution in [-0.2, 0) is 5.75 Å². The van der Waals surface area contributed by atoms with Gasteiger partial charge in [0.2, 0.25) is 5.13 Å². The largest absolute Gasteiger partial charge is 0.363 e. The normalized spacial score (nSPS) is 15.0. The first-order valence-electron chi connectivity index (χ1n) is 5.82. The van der Waals surface area contributed by atoms with Crippen molar-refractivity contribution < 1.29 is 0 Å². The van der Waals surface area contributed by atoms with Gasteiger partial charge in [0, 0.05) is 18.7 Å². The minimum absolute atomic E-state index is 0.661. The van der Waals surface area contributed by atoms with Crippen LogP contribution in [-0.4, -0.2) is 28.5 Å². The molecule has 1 aliphatic rings. The van der Waals surface area contributed by atoms with Crippen LogP contribution in [0.5, 0.6) is 0 Å². The van der Waals surface area contributed by atoms with Gasteiger partial charge in [-0.25, -0.2) is 4.98 Å². The Balaban J connectivity index is 1.97. The van der Waals surface area contributed by atoms with Crippen molar-refractivity contribution in [3.05, 3.63) is 10.7 Å². The molecule has 2 aromatic heterocycles. The van der Waals surface area contributed by atoms with E-state index in [-0.39, 0.29) is 0 Å². The highest BCUT2D eigenvalue weighted by atomic mass is 32.2. The van der Waals surface area contributed by atoms with Gasteiger partial charge < -0.3 is 5.32 Å². The molecule has 3 rings (SSSR count). The summed E-state index contributed by atoms with van der Waals surface area (Å²) in [4.78, 5) is 6.03. The summed E-state index contributed by atoms with van der Waals surface area (Å²) in [5, 5.41) is 14.5. The molecule has 2 heterocycles. The van der Waals surface area contributed by atoms with E-state index >= 15 is 0 Å². The van der Waals surface area contributed by atoms with Crippen molar-refractivity contribution in [3.8, 4) is 9.88 Å². The molecule has 0 bridgehead atoms. The molecule has 96 valence electrons. The molecule has 0 unspecified atom stereocenters. The molecule has 1 fully saturated rings. The molecule has 0 aliphatic heterocycles. The Hall–Kier alpha value is -0.660. The lowest BCUT2D eigenvalue weighted by atomic mass is 10.2. The second-order valence-electron chi connectivity index (χ2n) is 4.19. The summed E-state index contributed by atoms with van der Waals surface area (Å²) in [6.45, 7) is 0. The maximum atomic E-state index is 4.79. The predicted molar refractivity (Wildman–Crippen MR) is 79.8 cm³/mol. The third-order valence-corrected chi connectivity index (χ3v) is 5.67. The minimum Gasteiger partial charge on any atom is -0.363 e. The van der Waals surface area contributed by atoms with Gasteiger partial charge in [-0.3, -0.25) is 0 Å². The highest BCUT2D eigenvalue weighted by Crippen LogP contribution is 2.47. The first-order valence-corrected chi connectivity index (χ1v) is 8.84. The Labute approximate surface area is 118 Å². The number of hydrogen-bond acceptors (Lipinski definition) is 7. The van der Waals surface area contributed by atoms with Crippen molar-refractivity contribution in [1.82, 2.24) is 15.2 Å². The van der Waals surface area contributed by atoms with Gasteiger partial charge in [0.15, 0.2) is 5.01 Å². The van der Waals surface area contributed by atoms with Crippen LogP contribution in [0.4, 0.5) is 5.13 Å². The number of aromatic nitrogens is 3. The summed E-state index contributed by atoms with van der Waals surface area (Å²) in [5.41, 5.74) is 1.25. The van der Waals surface area contributed by atoms with Crippen molar-refractivity contribution >= 4 is 39.6 Å². The van der Waals surface area contributed by atoms with E-state index in [0.717, 1.165) is 15.9 Å². The van der Waals surface area contributed by atoms with Gasteiger partial charge in [0.25, 0.3) is 0 Å². The molecule has 1 N–H and O–H groups in total. The van der Waals surface area contributed by atoms with Crippen molar-refractivity contribution in [2.75, 3.05) is 18.6 Å². The van der Waals surface area contributed by atoms with Crippen molar-refractivity contribution in [1.29, 1.82) is 0 Å². The summed E-state index contributed by atoms with van der Waals surface area (Å²) >= 11 is 5.20. The van der Waals surface area contributed by atoms with E-state index in [4.69, 9.17) is 4.98 Å². The fourth-order valence-corrected chi connectivity index (χ4v) is 4.39. The molecule has 4 nitrogen and oxygen atoms in total. The maximum absolute atomic E-state index is 4.79. The Kier molecular flexibility index (Phi) is 3.54. The Bertz CT molecular complexity index is 544. The SMILES string of the molecule is CNc1nnc(-c2sc(CSC)nc2C2CC2)s1. The van der Waals surface area contributed by atoms with Gasteiger partial charge >= 0.3 is 0 Å². The molecule has 7 heteroatoms. The lowest BCUT2D eigenvalue weighted by Crippen LogP contribution is -1.85. The molecule has 0 aromatic carbocycles. The number of rotatable bonds is 5. The average Bonchev–Trinajstić information content (AvgIpc) is 2.96. The monoisotopic (exact) mass is 298 g/mol. The van der Waals surface area contributed by atoms with E-state index < -0.39 is 0 Å². The van der Waals surface area contributed by atoms with E-state index in [0.29, 0.717) is 5.92 Å². The first kappa shape index (κ1) is 12.4. The fourth-order valence-electron chi connectivity index (χ4n) is 1.77. The smallest absolute Gasteiger partial charge is 0.205 e. The van der Waals surface area contributed by atoms with E-state index in [1.807, 2.05) is 18.8 Å². The van der Waals surface area contributed by atoms with Crippen molar-refractivity contribution in [2.24, 2.45) is 0 Å². The molecular formula is C11H14N4S3.